The van der Waals surface area contributed by atoms with E-state index in [0.29, 0.717) is 0 Å². The van der Waals surface area contributed by atoms with E-state index in [9.17, 15) is 132 Å². The fourth-order valence-electron chi connectivity index (χ4n) is 3.00. The van der Waals surface area contributed by atoms with Crippen molar-refractivity contribution in [1.29, 1.82) is 0 Å². The Morgan fingerprint density at radius 2 is 0.569 bits per heavy atom. The number of carboxylic acids is 1. The first-order valence-electron chi connectivity index (χ1n) is 11.4. The van der Waals surface area contributed by atoms with Crippen LogP contribution in [0.2, 0.25) is 0 Å². The summed E-state index contributed by atoms with van der Waals surface area (Å²) in [5.41, 5.74) is 0. The Kier molecular flexibility index (Phi) is 12.4. The lowest BCUT2D eigenvalue weighted by Gasteiger charge is -2.46. The number of thioether (sulfide) groups is 1. The van der Waals surface area contributed by atoms with E-state index in [2.05, 4.69) is 0 Å². The van der Waals surface area contributed by atoms with E-state index in [-0.39, 0.29) is 11.8 Å². The van der Waals surface area contributed by atoms with Crippen LogP contribution in [0.4, 0.5) is 127 Å². The van der Waals surface area contributed by atoms with Gasteiger partial charge in [-0.3, -0.25) is 4.79 Å². The van der Waals surface area contributed by atoms with Gasteiger partial charge < -0.3 is 5.11 Å². The van der Waals surface area contributed by atoms with E-state index in [4.69, 9.17) is 5.11 Å². The molecule has 0 saturated carbocycles. The lowest BCUT2D eigenvalue weighted by atomic mass is 9.83. The quantitative estimate of drug-likeness (QED) is 0.110. The van der Waals surface area contributed by atoms with Crippen molar-refractivity contribution in [2.75, 3.05) is 11.5 Å². The summed E-state index contributed by atoms with van der Waals surface area (Å²) in [4.78, 5) is 10.2. The molecule has 0 atom stereocenters. The molecule has 0 rings (SSSR count). The molecule has 1 N–H and O–H groups in total. The predicted octanol–water partition coefficient (Wildman–Crippen LogP) is 10.4. The average molecular weight is 852 g/mol. The second-order valence-corrected chi connectivity index (χ2v) is 10.8. The van der Waals surface area contributed by atoms with Crippen LogP contribution >= 0.6 is 11.8 Å². The second kappa shape index (κ2) is 13.0. The van der Waals surface area contributed by atoms with Crippen LogP contribution in [0.5, 0.6) is 0 Å². The Bertz CT molecular complexity index is 1250. The number of rotatable bonds is 18. The van der Waals surface area contributed by atoms with Gasteiger partial charge in [-0.2, -0.15) is 139 Å². The van der Waals surface area contributed by atoms with Crippen molar-refractivity contribution < 1.29 is 137 Å². The van der Waals surface area contributed by atoms with Gasteiger partial charge in [-0.25, -0.2) is 0 Å². The van der Waals surface area contributed by atoms with Crippen LogP contribution in [-0.4, -0.2) is 106 Å². The molecule has 0 aliphatic carbocycles. The largest absolute Gasteiger partial charge is 0.481 e. The number of carboxylic acid groups (broad SMARTS) is 1. The van der Waals surface area contributed by atoms with Gasteiger partial charge in [-0.05, 0) is 5.75 Å². The molecule has 0 aromatic rings. The summed E-state index contributed by atoms with van der Waals surface area (Å²) in [7, 11) is 0. The molecular weight excluding hydrogens is 843 g/mol. The van der Waals surface area contributed by atoms with Crippen LogP contribution in [0.15, 0.2) is 0 Å². The summed E-state index contributed by atoms with van der Waals surface area (Å²) in [6, 6.07) is 0. The molecule has 0 aromatic heterocycles. The molecule has 51 heavy (non-hydrogen) atoms. The topological polar surface area (TPSA) is 37.3 Å². The van der Waals surface area contributed by atoms with Crippen molar-refractivity contribution in [2.24, 2.45) is 0 Å². The second-order valence-electron chi connectivity index (χ2n) is 9.60. The van der Waals surface area contributed by atoms with E-state index in [0.717, 1.165) is 0 Å². The van der Waals surface area contributed by atoms with Gasteiger partial charge >= 0.3 is 89.1 Å². The summed E-state index contributed by atoms with van der Waals surface area (Å²) in [6.45, 7) is 0. The third-order valence-electron chi connectivity index (χ3n) is 6.17. The number of halogens is 29. The van der Waals surface area contributed by atoms with Gasteiger partial charge in [0.05, 0.1) is 6.42 Å². The van der Waals surface area contributed by atoms with Gasteiger partial charge in [0.1, 0.15) is 0 Å². The Morgan fingerprint density at radius 1 is 0.353 bits per heavy atom. The molecule has 0 fully saturated rings. The first-order chi connectivity index (χ1) is 21.7. The van der Waals surface area contributed by atoms with Crippen LogP contribution in [0, 0.1) is 0 Å². The predicted molar refractivity (Wildman–Crippen MR) is 105 cm³/mol. The Balaban J connectivity index is 7.26. The van der Waals surface area contributed by atoms with Crippen molar-refractivity contribution in [1.82, 2.24) is 0 Å². The number of alkyl halides is 29. The third kappa shape index (κ3) is 6.54. The lowest BCUT2D eigenvalue weighted by Crippen LogP contribution is -2.79. The monoisotopic (exact) mass is 852 g/mol. The van der Waals surface area contributed by atoms with Gasteiger partial charge in [0.15, 0.2) is 0 Å². The van der Waals surface area contributed by atoms with Crippen molar-refractivity contribution in [2.45, 2.75) is 96.0 Å². The van der Waals surface area contributed by atoms with Crippen molar-refractivity contribution in [3.63, 3.8) is 0 Å². The fraction of sp³-hybridized carbons (Fsp3) is 0.947. The zero-order valence-electron chi connectivity index (χ0n) is 22.6. The van der Waals surface area contributed by atoms with E-state index < -0.39 is 113 Å². The zero-order valence-corrected chi connectivity index (χ0v) is 23.4. The highest BCUT2D eigenvalue weighted by molar-refractivity contribution is 7.99. The molecule has 2 nitrogen and oxygen atoms in total. The maximum Gasteiger partial charge on any atom is 0.460 e. The molecular formula is C19H9F29O2S. The van der Waals surface area contributed by atoms with Gasteiger partial charge in [0.2, 0.25) is 0 Å². The Labute approximate surface area is 263 Å². The van der Waals surface area contributed by atoms with Crippen molar-refractivity contribution in [3.8, 4) is 0 Å². The van der Waals surface area contributed by atoms with E-state index >= 15 is 0 Å². The summed E-state index contributed by atoms with van der Waals surface area (Å²) in [5.74, 6) is -125. The van der Waals surface area contributed by atoms with Gasteiger partial charge in [-0.15, -0.1) is 0 Å². The Morgan fingerprint density at radius 3 is 0.784 bits per heavy atom. The normalized spacial score (nSPS) is 16.5. The molecule has 306 valence electrons. The summed E-state index contributed by atoms with van der Waals surface area (Å²) in [6.07, 6.45) is -12.3. The highest BCUT2D eigenvalue weighted by Crippen LogP contribution is 2.69. The van der Waals surface area contributed by atoms with E-state index in [1.807, 2.05) is 0 Å². The van der Waals surface area contributed by atoms with Crippen LogP contribution in [0.1, 0.15) is 12.8 Å². The minimum absolute atomic E-state index is 0.239. The number of hydrogen-bond donors (Lipinski definition) is 1. The lowest BCUT2D eigenvalue weighted by molar-refractivity contribution is -0.487. The molecule has 0 radical (unpaired) electrons. The van der Waals surface area contributed by atoms with Crippen LogP contribution < -0.4 is 0 Å². The standard InChI is InChI=1S/C19H9F29O2S/c20-6(21,2-4-51-3-1-5(49)50)7(22,23)8(24,25)9(26,27)10(28,29)11(30,31)12(32,33)13(34,35)14(36,37)15(38,39)16(40,41)17(42,43)18(44,45)19(46,47)48/h1-4H2,(H,49,50). The summed E-state index contributed by atoms with van der Waals surface area (Å²) in [5, 5.41) is 8.25. The van der Waals surface area contributed by atoms with Crippen LogP contribution in [-0.2, 0) is 4.79 Å². The zero-order chi connectivity index (χ0) is 42.1. The molecule has 0 aliphatic heterocycles. The van der Waals surface area contributed by atoms with Gasteiger partial charge in [0, 0.05) is 12.2 Å². The maximum absolute atomic E-state index is 13.9. The molecule has 0 amide bonds. The smallest absolute Gasteiger partial charge is 0.460 e. The SMILES string of the molecule is O=C(O)CCSCCC(F)(F)C(F)(F)C(F)(F)C(F)(F)C(F)(F)C(F)(F)C(F)(F)C(F)(F)C(F)(F)C(F)(F)C(F)(F)C(F)(F)C(F)(F)C(F)(F)F. The molecule has 0 aliphatic rings. The summed E-state index contributed by atoms with van der Waals surface area (Å²) >= 11 is -0.239. The number of aliphatic carboxylic acids is 1. The van der Waals surface area contributed by atoms with Crippen molar-refractivity contribution >= 4 is 17.7 Å². The number of carbonyl (C=O) groups is 1. The molecule has 0 unspecified atom stereocenters. The minimum Gasteiger partial charge on any atom is -0.481 e. The number of hydrogen-bond acceptors (Lipinski definition) is 2. The van der Waals surface area contributed by atoms with Crippen LogP contribution in [0.25, 0.3) is 0 Å². The molecule has 0 spiro atoms. The van der Waals surface area contributed by atoms with Gasteiger partial charge in [0.25, 0.3) is 0 Å². The average Bonchev–Trinajstić information content (AvgIpc) is 2.90. The Hall–Kier alpha value is -2.21. The van der Waals surface area contributed by atoms with E-state index in [1.165, 1.54) is 0 Å². The fourth-order valence-corrected chi connectivity index (χ4v) is 3.92. The van der Waals surface area contributed by atoms with E-state index in [1.54, 1.807) is 0 Å². The van der Waals surface area contributed by atoms with Gasteiger partial charge in [-0.1, -0.05) is 0 Å². The summed E-state index contributed by atoms with van der Waals surface area (Å²) < 4.78 is 391. The molecule has 0 aromatic carbocycles. The highest BCUT2D eigenvalue weighted by atomic mass is 32.2. The maximum atomic E-state index is 13.9. The molecule has 0 bridgehead atoms. The minimum atomic E-state index is -9.95. The van der Waals surface area contributed by atoms with Crippen molar-refractivity contribution in [3.05, 3.63) is 0 Å². The highest BCUT2D eigenvalue weighted by Gasteiger charge is 3.00. The third-order valence-corrected chi connectivity index (χ3v) is 7.16. The first-order valence-corrected chi connectivity index (χ1v) is 12.6. The molecule has 0 saturated heterocycles. The molecule has 0 heterocycles. The van der Waals surface area contributed by atoms with Crippen LogP contribution in [0.3, 0.4) is 0 Å². The first kappa shape index (κ1) is 48.8. The molecule has 32 heteroatoms.